The van der Waals surface area contributed by atoms with Crippen LogP contribution in [0.1, 0.15) is 41.9 Å². The average Bonchev–Trinajstić information content (AvgIpc) is 2.89. The van der Waals surface area contributed by atoms with Gasteiger partial charge in [0.15, 0.2) is 6.61 Å². The molecular weight excluding hydrogens is 394 g/mol. The minimum atomic E-state index is -3.69. The van der Waals surface area contributed by atoms with Crippen LogP contribution >= 0.6 is 0 Å². The fourth-order valence-electron chi connectivity index (χ4n) is 3.53. The Kier molecular flexibility index (Phi) is 6.59. The summed E-state index contributed by atoms with van der Waals surface area (Å²) in [5.41, 5.74) is 0.639. The van der Waals surface area contributed by atoms with Crippen LogP contribution in [0.2, 0.25) is 0 Å². The van der Waals surface area contributed by atoms with E-state index in [0.29, 0.717) is 36.0 Å². The summed E-state index contributed by atoms with van der Waals surface area (Å²) in [6.45, 7) is 3.97. The summed E-state index contributed by atoms with van der Waals surface area (Å²) in [7, 11) is -2.12. The zero-order valence-electron chi connectivity index (χ0n) is 17.1. The molecule has 3 rings (SSSR count). The van der Waals surface area contributed by atoms with Crippen LogP contribution in [0.15, 0.2) is 29.2 Å². The molecule has 2 heterocycles. The van der Waals surface area contributed by atoms with Crippen LogP contribution in [0, 0.1) is 13.8 Å². The van der Waals surface area contributed by atoms with Crippen molar-refractivity contribution in [2.45, 2.75) is 44.4 Å². The first-order valence-electron chi connectivity index (χ1n) is 9.71. The molecule has 8 nitrogen and oxygen atoms in total. The summed E-state index contributed by atoms with van der Waals surface area (Å²) in [4.78, 5) is 12.8. The minimum Gasteiger partial charge on any atom is -0.497 e. The normalized spacial score (nSPS) is 15.7. The predicted octanol–water partition coefficient (Wildman–Crippen LogP) is 2.79. The van der Waals surface area contributed by atoms with E-state index in [4.69, 9.17) is 9.47 Å². The number of sulfonamides is 1. The quantitative estimate of drug-likeness (QED) is 0.712. The van der Waals surface area contributed by atoms with Gasteiger partial charge >= 0.3 is 0 Å². The Morgan fingerprint density at radius 2 is 1.62 bits per heavy atom. The van der Waals surface area contributed by atoms with Crippen molar-refractivity contribution in [2.24, 2.45) is 0 Å². The SMILES string of the molecule is COc1ccc(OCC(=O)n2nc(C)c(S(=O)(=O)N3CCCCCC3)c2C)cc1. The number of hydrogen-bond acceptors (Lipinski definition) is 6. The molecule has 1 aliphatic rings. The summed E-state index contributed by atoms with van der Waals surface area (Å²) >= 11 is 0. The number of methoxy groups -OCH3 is 1. The van der Waals surface area contributed by atoms with Gasteiger partial charge in [-0.05, 0) is 51.0 Å². The lowest BCUT2D eigenvalue weighted by Gasteiger charge is -2.20. The number of aromatic nitrogens is 2. The molecule has 9 heteroatoms. The molecular formula is C20H27N3O5S. The van der Waals surface area contributed by atoms with Crippen molar-refractivity contribution in [1.82, 2.24) is 14.1 Å². The van der Waals surface area contributed by atoms with Gasteiger partial charge in [0.25, 0.3) is 5.91 Å². The zero-order valence-corrected chi connectivity index (χ0v) is 17.9. The van der Waals surface area contributed by atoms with Crippen molar-refractivity contribution >= 4 is 15.9 Å². The van der Waals surface area contributed by atoms with Gasteiger partial charge in [0.2, 0.25) is 10.0 Å². The first-order chi connectivity index (χ1) is 13.8. The number of aryl methyl sites for hydroxylation is 1. The molecule has 0 radical (unpaired) electrons. The average molecular weight is 422 g/mol. The van der Waals surface area contributed by atoms with E-state index in [1.54, 1.807) is 45.2 Å². The number of hydrogen-bond donors (Lipinski definition) is 0. The predicted molar refractivity (Wildman–Crippen MR) is 108 cm³/mol. The minimum absolute atomic E-state index is 0.122. The van der Waals surface area contributed by atoms with Gasteiger partial charge in [0, 0.05) is 13.1 Å². The van der Waals surface area contributed by atoms with Crippen LogP contribution in [0.5, 0.6) is 11.5 Å². The van der Waals surface area contributed by atoms with Gasteiger partial charge in [-0.15, -0.1) is 0 Å². The van der Waals surface area contributed by atoms with Gasteiger partial charge < -0.3 is 9.47 Å². The summed E-state index contributed by atoms with van der Waals surface area (Å²) in [5, 5.41) is 4.20. The van der Waals surface area contributed by atoms with Crippen molar-refractivity contribution in [3.63, 3.8) is 0 Å². The molecule has 29 heavy (non-hydrogen) atoms. The zero-order chi connectivity index (χ0) is 21.0. The molecule has 1 saturated heterocycles. The molecule has 0 N–H and O–H groups in total. The van der Waals surface area contributed by atoms with Gasteiger partial charge in [-0.3, -0.25) is 4.79 Å². The fourth-order valence-corrected chi connectivity index (χ4v) is 5.40. The standard InChI is InChI=1S/C20H27N3O5S/c1-15-20(29(25,26)22-12-6-4-5-7-13-22)16(2)23(21-15)19(24)14-28-18-10-8-17(27-3)9-11-18/h8-11H,4-7,12-14H2,1-3H3. The second kappa shape index (κ2) is 8.96. The van der Waals surface area contributed by atoms with Gasteiger partial charge in [0.05, 0.1) is 18.5 Å². The van der Waals surface area contributed by atoms with Gasteiger partial charge in [-0.2, -0.15) is 9.40 Å². The second-order valence-electron chi connectivity index (χ2n) is 7.09. The lowest BCUT2D eigenvalue weighted by molar-refractivity contribution is 0.0818. The largest absolute Gasteiger partial charge is 0.497 e. The Morgan fingerprint density at radius 1 is 1.03 bits per heavy atom. The number of carbonyl (C=O) groups excluding carboxylic acids is 1. The molecule has 0 saturated carbocycles. The van der Waals surface area contributed by atoms with Crippen LogP contribution in [0.3, 0.4) is 0 Å². The maximum absolute atomic E-state index is 13.2. The Bertz CT molecular complexity index is 959. The maximum Gasteiger partial charge on any atom is 0.285 e. The van der Waals surface area contributed by atoms with E-state index < -0.39 is 15.9 Å². The first kappa shape index (κ1) is 21.3. The van der Waals surface area contributed by atoms with Crippen molar-refractivity contribution < 1.29 is 22.7 Å². The third kappa shape index (κ3) is 4.62. The fraction of sp³-hybridized carbons (Fsp3) is 0.500. The molecule has 158 valence electrons. The van der Waals surface area contributed by atoms with Crippen LogP contribution < -0.4 is 9.47 Å². The summed E-state index contributed by atoms with van der Waals surface area (Å²) in [5.74, 6) is 0.766. The molecule has 0 aliphatic carbocycles. The molecule has 0 amide bonds. The molecule has 1 fully saturated rings. The van der Waals surface area contributed by atoms with E-state index in [-0.39, 0.29) is 11.5 Å². The van der Waals surface area contributed by atoms with Crippen molar-refractivity contribution in [3.05, 3.63) is 35.7 Å². The number of rotatable bonds is 6. The Labute approximate surface area is 171 Å². The summed E-state index contributed by atoms with van der Waals surface area (Å²) in [6, 6.07) is 6.86. The highest BCUT2D eigenvalue weighted by atomic mass is 32.2. The highest BCUT2D eigenvalue weighted by Crippen LogP contribution is 2.26. The Morgan fingerprint density at radius 3 is 2.21 bits per heavy atom. The van der Waals surface area contributed by atoms with Crippen LogP contribution in [0.4, 0.5) is 0 Å². The topological polar surface area (TPSA) is 90.7 Å². The molecule has 0 unspecified atom stereocenters. The molecule has 0 spiro atoms. The number of nitrogens with zero attached hydrogens (tertiary/aromatic N) is 3. The molecule has 2 aromatic rings. The summed E-state index contributed by atoms with van der Waals surface area (Å²) < 4.78 is 39.6. The van der Waals surface area contributed by atoms with Gasteiger partial charge in [-0.25, -0.2) is 13.1 Å². The lowest BCUT2D eigenvalue weighted by Crippen LogP contribution is -2.32. The van der Waals surface area contributed by atoms with E-state index in [1.807, 2.05) is 0 Å². The van der Waals surface area contributed by atoms with Gasteiger partial charge in [-0.1, -0.05) is 12.8 Å². The van der Waals surface area contributed by atoms with E-state index in [9.17, 15) is 13.2 Å². The van der Waals surface area contributed by atoms with E-state index in [1.165, 1.54) is 4.31 Å². The Balaban J connectivity index is 1.77. The highest BCUT2D eigenvalue weighted by Gasteiger charge is 2.32. The number of benzene rings is 1. The second-order valence-corrected chi connectivity index (χ2v) is 8.96. The van der Waals surface area contributed by atoms with Crippen LogP contribution in [-0.4, -0.2) is 55.2 Å². The van der Waals surface area contributed by atoms with E-state index in [2.05, 4.69) is 5.10 Å². The van der Waals surface area contributed by atoms with E-state index >= 15 is 0 Å². The molecule has 0 atom stereocenters. The van der Waals surface area contributed by atoms with Crippen LogP contribution in [0.25, 0.3) is 0 Å². The number of ether oxygens (including phenoxy) is 2. The molecule has 1 aromatic carbocycles. The molecule has 0 bridgehead atoms. The highest BCUT2D eigenvalue weighted by molar-refractivity contribution is 7.89. The first-order valence-corrected chi connectivity index (χ1v) is 11.1. The molecule has 1 aliphatic heterocycles. The summed E-state index contributed by atoms with van der Waals surface area (Å²) in [6.07, 6.45) is 3.76. The van der Waals surface area contributed by atoms with Gasteiger partial charge in [0.1, 0.15) is 16.4 Å². The Hall–Kier alpha value is -2.39. The lowest BCUT2D eigenvalue weighted by atomic mass is 10.2. The molecule has 1 aromatic heterocycles. The smallest absolute Gasteiger partial charge is 0.285 e. The van der Waals surface area contributed by atoms with E-state index in [0.717, 1.165) is 30.4 Å². The number of carbonyl (C=O) groups is 1. The maximum atomic E-state index is 13.2. The van der Waals surface area contributed by atoms with Crippen molar-refractivity contribution in [3.8, 4) is 11.5 Å². The van der Waals surface area contributed by atoms with Crippen molar-refractivity contribution in [1.29, 1.82) is 0 Å². The van der Waals surface area contributed by atoms with Crippen LogP contribution in [-0.2, 0) is 10.0 Å². The monoisotopic (exact) mass is 421 g/mol. The van der Waals surface area contributed by atoms with Crippen molar-refractivity contribution in [2.75, 3.05) is 26.8 Å². The third-order valence-electron chi connectivity index (χ3n) is 5.05. The third-order valence-corrected chi connectivity index (χ3v) is 7.20.